The van der Waals surface area contributed by atoms with E-state index in [0.717, 1.165) is 24.4 Å². The average Bonchev–Trinajstić information content (AvgIpc) is 3.22. The summed E-state index contributed by atoms with van der Waals surface area (Å²) in [6.07, 6.45) is 2.15. The molecule has 0 bridgehead atoms. The van der Waals surface area contributed by atoms with Gasteiger partial charge in [-0.1, -0.05) is 12.1 Å². The molecule has 1 saturated heterocycles. The molecule has 1 amide bonds. The summed E-state index contributed by atoms with van der Waals surface area (Å²) in [6.45, 7) is 0.399. The minimum absolute atomic E-state index is 0.227. The predicted octanol–water partition coefficient (Wildman–Crippen LogP) is 3.36. The maximum Gasteiger partial charge on any atom is 0.276 e. The second-order valence-corrected chi connectivity index (χ2v) is 8.08. The first-order valence-electron chi connectivity index (χ1n) is 10.2. The van der Waals surface area contributed by atoms with Gasteiger partial charge in [-0.25, -0.2) is 13.2 Å². The highest BCUT2D eigenvalue weighted by atomic mass is 19.1. The summed E-state index contributed by atoms with van der Waals surface area (Å²) in [5.74, 6) is -4.21. The molecular formula is C23H18F3N3O3. The number of rotatable bonds is 3. The molecule has 32 heavy (non-hydrogen) atoms. The van der Waals surface area contributed by atoms with Crippen molar-refractivity contribution in [3.63, 3.8) is 0 Å². The number of aromatic nitrogens is 2. The Hall–Kier alpha value is -3.62. The van der Waals surface area contributed by atoms with Crippen molar-refractivity contribution in [2.45, 2.75) is 30.8 Å². The summed E-state index contributed by atoms with van der Waals surface area (Å²) in [4.78, 5) is 26.6. The van der Waals surface area contributed by atoms with Crippen LogP contribution in [0.15, 0.2) is 53.5 Å². The number of carbonyl (C=O) groups is 1. The Morgan fingerprint density at radius 1 is 1.00 bits per heavy atom. The fourth-order valence-electron chi connectivity index (χ4n) is 4.99. The largest absolute Gasteiger partial charge is 0.502 e. The summed E-state index contributed by atoms with van der Waals surface area (Å²) < 4.78 is 43.9. The van der Waals surface area contributed by atoms with E-state index in [0.29, 0.717) is 24.9 Å². The third kappa shape index (κ3) is 3.16. The predicted molar refractivity (Wildman–Crippen MR) is 108 cm³/mol. The van der Waals surface area contributed by atoms with Crippen LogP contribution in [0.3, 0.4) is 0 Å². The van der Waals surface area contributed by atoms with Crippen molar-refractivity contribution in [3.05, 3.63) is 93.2 Å². The monoisotopic (exact) mass is 441 g/mol. The van der Waals surface area contributed by atoms with Crippen LogP contribution < -0.4 is 5.43 Å². The van der Waals surface area contributed by atoms with E-state index in [2.05, 4.69) is 5.10 Å². The number of hydrogen-bond donors (Lipinski definition) is 1. The second-order valence-electron chi connectivity index (χ2n) is 8.08. The quantitative estimate of drug-likeness (QED) is 0.677. The SMILES string of the molecule is O=C1c2c(O)c(=O)cnn2[C@@H](C(c2cccc(F)c2)c2cc(F)cc(F)c2)[C@H]2CCCN12. The van der Waals surface area contributed by atoms with E-state index in [1.165, 1.54) is 22.9 Å². The molecule has 6 nitrogen and oxygen atoms in total. The van der Waals surface area contributed by atoms with Gasteiger partial charge in [0.05, 0.1) is 18.3 Å². The van der Waals surface area contributed by atoms with E-state index in [9.17, 15) is 27.9 Å². The van der Waals surface area contributed by atoms with Crippen LogP contribution >= 0.6 is 0 Å². The van der Waals surface area contributed by atoms with Crippen LogP contribution in [0.25, 0.3) is 0 Å². The van der Waals surface area contributed by atoms with Crippen LogP contribution in [0.1, 0.15) is 46.4 Å². The highest BCUT2D eigenvalue weighted by molar-refractivity contribution is 5.96. The molecule has 1 unspecified atom stereocenters. The average molecular weight is 441 g/mol. The van der Waals surface area contributed by atoms with Gasteiger partial charge in [-0.2, -0.15) is 5.10 Å². The first kappa shape index (κ1) is 20.3. The topological polar surface area (TPSA) is 75.4 Å². The van der Waals surface area contributed by atoms with Crippen LogP contribution in [0, 0.1) is 17.5 Å². The lowest BCUT2D eigenvalue weighted by atomic mass is 9.79. The number of hydrogen-bond acceptors (Lipinski definition) is 4. The van der Waals surface area contributed by atoms with Gasteiger partial charge in [-0.3, -0.25) is 14.3 Å². The Balaban J connectivity index is 1.80. The Kier molecular flexibility index (Phi) is 4.76. The Bertz CT molecular complexity index is 1270. The highest BCUT2D eigenvalue weighted by Crippen LogP contribution is 2.46. The Labute approximate surface area is 180 Å². The molecule has 9 heteroatoms. The van der Waals surface area contributed by atoms with E-state index >= 15 is 0 Å². The number of halogens is 3. The van der Waals surface area contributed by atoms with E-state index < -0.39 is 52.5 Å². The Morgan fingerprint density at radius 2 is 1.72 bits per heavy atom. The number of benzene rings is 2. The minimum atomic E-state index is -0.817. The lowest BCUT2D eigenvalue weighted by Crippen LogP contribution is -2.50. The van der Waals surface area contributed by atoms with Gasteiger partial charge in [0.1, 0.15) is 17.5 Å². The molecule has 5 rings (SSSR count). The van der Waals surface area contributed by atoms with E-state index in [1.807, 2.05) is 0 Å². The van der Waals surface area contributed by atoms with Crippen LogP contribution in [-0.2, 0) is 0 Å². The fraction of sp³-hybridized carbons (Fsp3) is 0.261. The molecule has 2 aliphatic rings. The molecule has 3 aromatic rings. The molecular weight excluding hydrogens is 423 g/mol. The van der Waals surface area contributed by atoms with Gasteiger partial charge in [-0.05, 0) is 48.2 Å². The second kappa shape index (κ2) is 7.51. The standard InChI is InChI=1S/C23H18F3N3O3/c24-14-4-1-3-12(7-14)19(13-8-15(25)10-16(26)9-13)20-17-5-2-6-28(17)23(32)21-22(31)18(30)11-27-29(20)21/h1,3-4,7-11,17,19-20,31H,2,5-6H2/t17-,19?,20-/m1/s1. The summed E-state index contributed by atoms with van der Waals surface area (Å²) in [5.41, 5.74) is -0.434. The molecule has 0 saturated carbocycles. The molecule has 0 radical (unpaired) electrons. The minimum Gasteiger partial charge on any atom is -0.502 e. The maximum atomic E-state index is 14.2. The number of nitrogens with zero attached hydrogens (tertiary/aromatic N) is 3. The van der Waals surface area contributed by atoms with Crippen LogP contribution in [0.4, 0.5) is 13.2 Å². The lowest BCUT2D eigenvalue weighted by Gasteiger charge is -2.42. The summed E-state index contributed by atoms with van der Waals surface area (Å²) in [6, 6.07) is 7.56. The van der Waals surface area contributed by atoms with Gasteiger partial charge in [0.2, 0.25) is 5.43 Å². The van der Waals surface area contributed by atoms with Gasteiger partial charge in [0, 0.05) is 18.5 Å². The molecule has 1 aromatic heterocycles. The normalized spacial score (nSPS) is 20.7. The van der Waals surface area contributed by atoms with Gasteiger partial charge in [0.25, 0.3) is 5.91 Å². The van der Waals surface area contributed by atoms with E-state index in [-0.39, 0.29) is 11.3 Å². The Morgan fingerprint density at radius 3 is 2.44 bits per heavy atom. The van der Waals surface area contributed by atoms with Crippen molar-refractivity contribution < 1.29 is 23.1 Å². The van der Waals surface area contributed by atoms with Crippen LogP contribution in [0.2, 0.25) is 0 Å². The zero-order valence-corrected chi connectivity index (χ0v) is 16.7. The van der Waals surface area contributed by atoms with Crippen molar-refractivity contribution >= 4 is 5.91 Å². The molecule has 2 aliphatic heterocycles. The molecule has 164 valence electrons. The summed E-state index contributed by atoms with van der Waals surface area (Å²) >= 11 is 0. The molecule has 2 aromatic carbocycles. The fourth-order valence-corrected chi connectivity index (χ4v) is 4.99. The lowest BCUT2D eigenvalue weighted by molar-refractivity contribution is 0.0564. The van der Waals surface area contributed by atoms with Gasteiger partial charge in [0.15, 0.2) is 11.4 Å². The summed E-state index contributed by atoms with van der Waals surface area (Å²) in [7, 11) is 0. The number of aromatic hydroxyl groups is 1. The van der Waals surface area contributed by atoms with Crippen molar-refractivity contribution in [3.8, 4) is 5.75 Å². The maximum absolute atomic E-state index is 14.2. The number of carbonyl (C=O) groups excluding carboxylic acids is 1. The molecule has 0 aliphatic carbocycles. The molecule has 3 atom stereocenters. The van der Waals surface area contributed by atoms with Crippen molar-refractivity contribution in [1.82, 2.24) is 14.7 Å². The van der Waals surface area contributed by atoms with Gasteiger partial charge >= 0.3 is 0 Å². The first-order chi connectivity index (χ1) is 15.3. The van der Waals surface area contributed by atoms with Crippen molar-refractivity contribution in [1.29, 1.82) is 0 Å². The van der Waals surface area contributed by atoms with Crippen LogP contribution in [0.5, 0.6) is 5.75 Å². The van der Waals surface area contributed by atoms with E-state index in [4.69, 9.17) is 0 Å². The third-order valence-electron chi connectivity index (χ3n) is 6.22. The smallest absolute Gasteiger partial charge is 0.276 e. The third-order valence-corrected chi connectivity index (χ3v) is 6.22. The van der Waals surface area contributed by atoms with Crippen molar-refractivity contribution in [2.24, 2.45) is 0 Å². The number of amides is 1. The van der Waals surface area contributed by atoms with Gasteiger partial charge in [-0.15, -0.1) is 0 Å². The summed E-state index contributed by atoms with van der Waals surface area (Å²) in [5, 5.41) is 14.5. The van der Waals surface area contributed by atoms with Crippen molar-refractivity contribution in [2.75, 3.05) is 6.54 Å². The molecule has 1 N–H and O–H groups in total. The first-order valence-corrected chi connectivity index (χ1v) is 10.2. The van der Waals surface area contributed by atoms with Crippen LogP contribution in [-0.4, -0.2) is 38.3 Å². The highest BCUT2D eigenvalue weighted by Gasteiger charge is 2.48. The molecule has 0 spiro atoms. The molecule has 3 heterocycles. The zero-order valence-electron chi connectivity index (χ0n) is 16.7. The zero-order chi connectivity index (χ0) is 22.6. The van der Waals surface area contributed by atoms with Gasteiger partial charge < -0.3 is 10.0 Å². The molecule has 1 fully saturated rings. The van der Waals surface area contributed by atoms with E-state index in [1.54, 1.807) is 11.0 Å². The number of fused-ring (bicyclic) bond motifs is 2.